The summed E-state index contributed by atoms with van der Waals surface area (Å²) in [6.45, 7) is 10.0. The first-order valence-electron chi connectivity index (χ1n) is 13.7. The molecule has 1 N–H and O–H groups in total. The molecular formula is C31H36N8. The Labute approximate surface area is 230 Å². The van der Waals surface area contributed by atoms with Gasteiger partial charge >= 0.3 is 0 Å². The molecule has 1 unspecified atom stereocenters. The highest BCUT2D eigenvalue weighted by Crippen LogP contribution is 2.43. The maximum absolute atomic E-state index is 5.00. The Kier molecular flexibility index (Phi) is 6.33. The summed E-state index contributed by atoms with van der Waals surface area (Å²) in [4.78, 5) is 12.0. The van der Waals surface area contributed by atoms with Crippen LogP contribution < -0.4 is 5.32 Å². The van der Waals surface area contributed by atoms with E-state index in [0.29, 0.717) is 17.9 Å². The molecule has 3 aromatic heterocycles. The van der Waals surface area contributed by atoms with E-state index in [2.05, 4.69) is 84.5 Å². The van der Waals surface area contributed by atoms with Crippen LogP contribution in [0.2, 0.25) is 0 Å². The van der Waals surface area contributed by atoms with E-state index in [0.717, 1.165) is 59.0 Å². The molecule has 0 bridgehead atoms. The fraction of sp³-hybridized carbons (Fsp3) is 0.355. The van der Waals surface area contributed by atoms with Crippen LogP contribution in [0.1, 0.15) is 56.9 Å². The number of fused-ring (bicyclic) bond motifs is 3. The summed E-state index contributed by atoms with van der Waals surface area (Å²) in [7, 11) is 3.92. The standard InChI is InChI=1S/C31H36N8/c1-19(2)39-14-11-20(3)15-24(18-39)22-7-9-23(10-8-22)30-28-26(35-38(30)6)16-21(4)25-17-32-31(34-29(25)28)33-27-12-13-37(5)36-27/h7-10,12-13,15,17-19,21H,11,14,16H2,1-6H3,(H,32,33,34,36). The normalized spacial score (nSPS) is 16.9. The van der Waals surface area contributed by atoms with Crippen molar-refractivity contribution in [2.24, 2.45) is 14.1 Å². The van der Waals surface area contributed by atoms with E-state index in [1.807, 2.05) is 37.2 Å². The molecular weight excluding hydrogens is 484 g/mol. The molecule has 8 heteroatoms. The van der Waals surface area contributed by atoms with Crippen molar-refractivity contribution in [3.05, 3.63) is 77.4 Å². The second-order valence-electron chi connectivity index (χ2n) is 11.1. The molecule has 4 heterocycles. The average Bonchev–Trinajstić information content (AvgIpc) is 3.39. The summed E-state index contributed by atoms with van der Waals surface area (Å²) in [6, 6.07) is 11.3. The van der Waals surface area contributed by atoms with Crippen molar-refractivity contribution in [3.8, 4) is 22.5 Å². The first-order valence-corrected chi connectivity index (χ1v) is 13.7. The molecule has 0 spiro atoms. The molecule has 1 aliphatic carbocycles. The summed E-state index contributed by atoms with van der Waals surface area (Å²) >= 11 is 0. The molecule has 8 nitrogen and oxygen atoms in total. The maximum Gasteiger partial charge on any atom is 0.228 e. The summed E-state index contributed by atoms with van der Waals surface area (Å²) in [6.07, 6.45) is 10.4. The molecule has 6 rings (SSSR count). The lowest BCUT2D eigenvalue weighted by atomic mass is 9.84. The van der Waals surface area contributed by atoms with Crippen LogP contribution in [-0.2, 0) is 20.5 Å². The number of aromatic nitrogens is 6. The van der Waals surface area contributed by atoms with E-state index >= 15 is 0 Å². The number of aryl methyl sites for hydroxylation is 2. The Morgan fingerprint density at radius 3 is 2.51 bits per heavy atom. The minimum Gasteiger partial charge on any atom is -0.374 e. The summed E-state index contributed by atoms with van der Waals surface area (Å²) < 4.78 is 3.76. The largest absolute Gasteiger partial charge is 0.374 e. The molecule has 4 aromatic rings. The van der Waals surface area contributed by atoms with Crippen LogP contribution in [0.5, 0.6) is 0 Å². The number of hydrogen-bond acceptors (Lipinski definition) is 6. The van der Waals surface area contributed by atoms with Crippen LogP contribution in [-0.4, -0.2) is 47.0 Å². The van der Waals surface area contributed by atoms with E-state index in [1.54, 1.807) is 4.68 Å². The van der Waals surface area contributed by atoms with Crippen molar-refractivity contribution >= 4 is 17.3 Å². The number of benzene rings is 1. The fourth-order valence-electron chi connectivity index (χ4n) is 5.62. The van der Waals surface area contributed by atoms with Crippen LogP contribution >= 0.6 is 0 Å². The van der Waals surface area contributed by atoms with Crippen molar-refractivity contribution in [1.29, 1.82) is 0 Å². The lowest BCUT2D eigenvalue weighted by Gasteiger charge is -2.24. The zero-order valence-electron chi connectivity index (χ0n) is 23.6. The molecule has 0 amide bonds. The molecule has 0 fully saturated rings. The van der Waals surface area contributed by atoms with Crippen LogP contribution in [0.3, 0.4) is 0 Å². The predicted molar refractivity (Wildman–Crippen MR) is 156 cm³/mol. The molecule has 0 saturated carbocycles. The van der Waals surface area contributed by atoms with E-state index in [4.69, 9.17) is 10.1 Å². The lowest BCUT2D eigenvalue weighted by Crippen LogP contribution is -2.26. The van der Waals surface area contributed by atoms with E-state index in [9.17, 15) is 0 Å². The average molecular weight is 521 g/mol. The highest BCUT2D eigenvalue weighted by Gasteiger charge is 2.30. The van der Waals surface area contributed by atoms with Gasteiger partial charge in [-0.05, 0) is 50.7 Å². The second-order valence-corrected chi connectivity index (χ2v) is 11.1. The van der Waals surface area contributed by atoms with Gasteiger partial charge in [0, 0.05) is 68.0 Å². The van der Waals surface area contributed by atoms with Crippen LogP contribution in [0, 0.1) is 0 Å². The highest BCUT2D eigenvalue weighted by atomic mass is 15.3. The van der Waals surface area contributed by atoms with E-state index in [1.165, 1.54) is 16.7 Å². The van der Waals surface area contributed by atoms with Gasteiger partial charge in [0.2, 0.25) is 5.95 Å². The fourth-order valence-corrected chi connectivity index (χ4v) is 5.62. The molecule has 2 aliphatic rings. The number of anilines is 2. The van der Waals surface area contributed by atoms with E-state index < -0.39 is 0 Å². The summed E-state index contributed by atoms with van der Waals surface area (Å²) in [5.41, 5.74) is 10.4. The van der Waals surface area contributed by atoms with Gasteiger partial charge in [0.05, 0.1) is 17.1 Å². The molecule has 1 aromatic carbocycles. The maximum atomic E-state index is 5.00. The third-order valence-corrected chi connectivity index (χ3v) is 7.78. The number of nitrogens with one attached hydrogen (secondary N) is 1. The van der Waals surface area contributed by atoms with Crippen LogP contribution in [0.25, 0.3) is 28.1 Å². The lowest BCUT2D eigenvalue weighted by molar-refractivity contribution is 0.317. The quantitative estimate of drug-likeness (QED) is 0.344. The monoisotopic (exact) mass is 520 g/mol. The number of allylic oxidation sites excluding steroid dienone is 2. The van der Waals surface area contributed by atoms with Crippen molar-refractivity contribution in [3.63, 3.8) is 0 Å². The molecule has 0 radical (unpaired) electrons. The van der Waals surface area contributed by atoms with Gasteiger partial charge in [0.1, 0.15) is 0 Å². The molecule has 1 aliphatic heterocycles. The van der Waals surface area contributed by atoms with Crippen molar-refractivity contribution in [2.75, 3.05) is 11.9 Å². The van der Waals surface area contributed by atoms with Gasteiger partial charge in [0.15, 0.2) is 5.82 Å². The summed E-state index contributed by atoms with van der Waals surface area (Å²) in [5, 5.41) is 12.6. The molecule has 0 saturated heterocycles. The predicted octanol–water partition coefficient (Wildman–Crippen LogP) is 6.08. The third-order valence-electron chi connectivity index (χ3n) is 7.78. The highest BCUT2D eigenvalue weighted by molar-refractivity contribution is 5.86. The molecule has 39 heavy (non-hydrogen) atoms. The van der Waals surface area contributed by atoms with Gasteiger partial charge in [-0.25, -0.2) is 9.97 Å². The first-order chi connectivity index (χ1) is 18.8. The Balaban J connectivity index is 1.39. The first kappa shape index (κ1) is 25.1. The van der Waals surface area contributed by atoms with Gasteiger partial charge < -0.3 is 10.2 Å². The van der Waals surface area contributed by atoms with Crippen LogP contribution in [0.15, 0.2) is 60.6 Å². The third kappa shape index (κ3) is 4.75. The molecule has 200 valence electrons. The number of hydrogen-bond donors (Lipinski definition) is 1. The van der Waals surface area contributed by atoms with Gasteiger partial charge in [-0.3, -0.25) is 9.36 Å². The van der Waals surface area contributed by atoms with Gasteiger partial charge in [0.25, 0.3) is 0 Å². The van der Waals surface area contributed by atoms with Gasteiger partial charge in [-0.15, -0.1) is 0 Å². The van der Waals surface area contributed by atoms with Crippen molar-refractivity contribution in [2.45, 2.75) is 52.5 Å². The second kappa shape index (κ2) is 9.84. The van der Waals surface area contributed by atoms with Crippen LogP contribution in [0.4, 0.5) is 11.8 Å². The van der Waals surface area contributed by atoms with Gasteiger partial charge in [-0.1, -0.05) is 42.8 Å². The zero-order chi connectivity index (χ0) is 27.3. The number of nitrogens with zero attached hydrogens (tertiary/aromatic N) is 7. The Morgan fingerprint density at radius 2 is 1.79 bits per heavy atom. The Bertz CT molecular complexity index is 1590. The SMILES string of the molecule is CC1=CC(c2ccc(-c3c4c(nn3C)CC(C)c3cnc(Nc5ccn(C)n5)nc3-4)cc2)=CN(C(C)C)CC1. The minimum absolute atomic E-state index is 0.294. The van der Waals surface area contributed by atoms with Crippen molar-refractivity contribution in [1.82, 2.24) is 34.4 Å². The summed E-state index contributed by atoms with van der Waals surface area (Å²) in [5.74, 6) is 1.55. The topological polar surface area (TPSA) is 76.7 Å². The minimum atomic E-state index is 0.294. The zero-order valence-corrected chi connectivity index (χ0v) is 23.6. The molecule has 1 atom stereocenters. The smallest absolute Gasteiger partial charge is 0.228 e. The Hall–Kier alpha value is -4.20. The van der Waals surface area contributed by atoms with Crippen molar-refractivity contribution < 1.29 is 0 Å². The number of rotatable bonds is 5. The van der Waals surface area contributed by atoms with Gasteiger partial charge in [-0.2, -0.15) is 10.2 Å². The Morgan fingerprint density at radius 1 is 1.03 bits per heavy atom. The van der Waals surface area contributed by atoms with E-state index in [-0.39, 0.29) is 0 Å².